The molecule has 2 N–H and O–H groups in total. The third-order valence-electron chi connectivity index (χ3n) is 3.30. The summed E-state index contributed by atoms with van der Waals surface area (Å²) in [5.41, 5.74) is 3.22. The molecule has 0 saturated heterocycles. The molecular formula is C16H16FN3O. The van der Waals surface area contributed by atoms with Gasteiger partial charge in [0.2, 0.25) is 0 Å². The van der Waals surface area contributed by atoms with Gasteiger partial charge in [-0.2, -0.15) is 5.10 Å². The molecule has 0 fully saturated rings. The number of anilines is 1. The van der Waals surface area contributed by atoms with Crippen LogP contribution in [0.3, 0.4) is 0 Å². The zero-order chi connectivity index (χ0) is 14.8. The third kappa shape index (κ3) is 2.81. The van der Waals surface area contributed by atoms with E-state index >= 15 is 0 Å². The van der Waals surface area contributed by atoms with Gasteiger partial charge in [0.05, 0.1) is 11.9 Å². The Labute approximate surface area is 122 Å². The zero-order valence-corrected chi connectivity index (χ0v) is 11.9. The van der Waals surface area contributed by atoms with Gasteiger partial charge in [-0.25, -0.2) is 4.39 Å². The topological polar surface area (TPSA) is 53.9 Å². The van der Waals surface area contributed by atoms with Gasteiger partial charge >= 0.3 is 0 Å². The van der Waals surface area contributed by atoms with Crippen LogP contribution in [0.25, 0.3) is 11.5 Å². The van der Waals surface area contributed by atoms with E-state index in [1.54, 1.807) is 18.3 Å². The molecule has 0 spiro atoms. The maximum absolute atomic E-state index is 13.7. The second-order valence-corrected chi connectivity index (χ2v) is 5.02. The first-order chi connectivity index (χ1) is 10.1. The lowest BCUT2D eigenvalue weighted by Crippen LogP contribution is -2.02. The summed E-state index contributed by atoms with van der Waals surface area (Å²) in [5.74, 6) is 1.30. The first kappa shape index (κ1) is 13.4. The fourth-order valence-electron chi connectivity index (χ4n) is 2.19. The lowest BCUT2D eigenvalue weighted by Gasteiger charge is -2.08. The van der Waals surface area contributed by atoms with Gasteiger partial charge in [-0.3, -0.25) is 5.10 Å². The Kier molecular flexibility index (Phi) is 3.48. The Bertz CT molecular complexity index is 760. The van der Waals surface area contributed by atoms with Crippen LogP contribution in [0.5, 0.6) is 0 Å². The van der Waals surface area contributed by atoms with E-state index < -0.39 is 0 Å². The molecule has 108 valence electrons. The molecule has 4 nitrogen and oxygen atoms in total. The molecule has 0 aliphatic rings. The van der Waals surface area contributed by atoms with Crippen molar-refractivity contribution in [2.75, 3.05) is 5.32 Å². The highest BCUT2D eigenvalue weighted by Crippen LogP contribution is 2.24. The minimum atomic E-state index is -0.264. The second-order valence-electron chi connectivity index (χ2n) is 5.02. The van der Waals surface area contributed by atoms with E-state index in [9.17, 15) is 4.39 Å². The van der Waals surface area contributed by atoms with Crippen molar-refractivity contribution in [2.45, 2.75) is 20.4 Å². The molecule has 0 unspecified atom stereocenters. The van der Waals surface area contributed by atoms with Gasteiger partial charge in [0.1, 0.15) is 17.3 Å². The Morgan fingerprint density at radius 2 is 2.10 bits per heavy atom. The lowest BCUT2D eigenvalue weighted by atomic mass is 10.2. The summed E-state index contributed by atoms with van der Waals surface area (Å²) in [5, 5.41) is 10.1. The van der Waals surface area contributed by atoms with Gasteiger partial charge in [-0.1, -0.05) is 6.07 Å². The number of benzene rings is 1. The fraction of sp³-hybridized carbons (Fsp3) is 0.188. The molecule has 2 aromatic heterocycles. The van der Waals surface area contributed by atoms with E-state index in [4.69, 9.17) is 4.42 Å². The van der Waals surface area contributed by atoms with Crippen LogP contribution < -0.4 is 5.32 Å². The molecule has 3 rings (SSSR count). The van der Waals surface area contributed by atoms with Crippen LogP contribution in [0.1, 0.15) is 16.9 Å². The van der Waals surface area contributed by atoms with Crippen molar-refractivity contribution in [2.24, 2.45) is 0 Å². The first-order valence-corrected chi connectivity index (χ1v) is 6.72. The van der Waals surface area contributed by atoms with Crippen LogP contribution in [0.4, 0.5) is 10.1 Å². The Morgan fingerprint density at radius 3 is 2.86 bits per heavy atom. The highest BCUT2D eigenvalue weighted by molar-refractivity contribution is 5.58. The number of hydrogen-bond acceptors (Lipinski definition) is 3. The maximum Gasteiger partial charge on any atom is 0.152 e. The number of aryl methyl sites for hydroxylation is 2. The summed E-state index contributed by atoms with van der Waals surface area (Å²) >= 11 is 0. The highest BCUT2D eigenvalue weighted by Gasteiger charge is 2.11. The van der Waals surface area contributed by atoms with Crippen molar-refractivity contribution < 1.29 is 8.81 Å². The smallest absolute Gasteiger partial charge is 0.152 e. The number of halogens is 1. The fourth-order valence-corrected chi connectivity index (χ4v) is 2.19. The van der Waals surface area contributed by atoms with Crippen molar-refractivity contribution in [1.82, 2.24) is 10.2 Å². The van der Waals surface area contributed by atoms with Crippen molar-refractivity contribution in [3.8, 4) is 11.5 Å². The Hall–Kier alpha value is -2.56. The molecule has 0 aliphatic heterocycles. The predicted octanol–water partition coefficient (Wildman–Crippen LogP) is 4.04. The van der Waals surface area contributed by atoms with E-state index in [0.717, 1.165) is 28.3 Å². The van der Waals surface area contributed by atoms with Gasteiger partial charge in [-0.05, 0) is 43.7 Å². The van der Waals surface area contributed by atoms with Gasteiger partial charge in [-0.15, -0.1) is 0 Å². The molecule has 1 aromatic carbocycles. The third-order valence-corrected chi connectivity index (χ3v) is 3.30. The molecule has 0 radical (unpaired) electrons. The van der Waals surface area contributed by atoms with Gasteiger partial charge in [0.25, 0.3) is 0 Å². The van der Waals surface area contributed by atoms with Crippen molar-refractivity contribution in [3.05, 3.63) is 59.2 Å². The van der Waals surface area contributed by atoms with Crippen LogP contribution in [-0.2, 0) is 6.54 Å². The summed E-state index contributed by atoms with van der Waals surface area (Å²) in [6, 6.07) is 8.78. The summed E-state index contributed by atoms with van der Waals surface area (Å²) in [7, 11) is 0. The molecule has 3 aromatic rings. The van der Waals surface area contributed by atoms with Crippen LogP contribution >= 0.6 is 0 Å². The van der Waals surface area contributed by atoms with Crippen LogP contribution in [0.2, 0.25) is 0 Å². The van der Waals surface area contributed by atoms with Crippen molar-refractivity contribution in [3.63, 3.8) is 0 Å². The van der Waals surface area contributed by atoms with E-state index in [1.807, 2.05) is 26.0 Å². The number of rotatable bonds is 4. The summed E-state index contributed by atoms with van der Waals surface area (Å²) in [6.45, 7) is 4.28. The molecule has 0 saturated carbocycles. The molecule has 0 aliphatic carbocycles. The van der Waals surface area contributed by atoms with Gasteiger partial charge < -0.3 is 9.73 Å². The number of aromatic nitrogens is 2. The Morgan fingerprint density at radius 1 is 1.24 bits per heavy atom. The Balaban J connectivity index is 1.80. The SMILES string of the molecule is Cc1ccc(F)c(NCc2cn[nH]c2-c2ccc(C)o2)c1. The number of furan rings is 1. The minimum absolute atomic E-state index is 0.264. The highest BCUT2D eigenvalue weighted by atomic mass is 19.1. The average molecular weight is 285 g/mol. The summed E-state index contributed by atoms with van der Waals surface area (Å²) in [6.07, 6.45) is 1.72. The molecule has 0 bridgehead atoms. The molecule has 2 heterocycles. The standard InChI is InChI=1S/C16H16FN3O/c1-10-3-5-13(17)14(7-10)18-8-12-9-19-20-16(12)15-6-4-11(2)21-15/h3-7,9,18H,8H2,1-2H3,(H,19,20). The maximum atomic E-state index is 13.7. The average Bonchev–Trinajstić information content (AvgIpc) is 3.08. The molecule has 0 amide bonds. The number of nitrogens with one attached hydrogen (secondary N) is 2. The van der Waals surface area contributed by atoms with E-state index in [1.165, 1.54) is 6.07 Å². The molecule has 5 heteroatoms. The van der Waals surface area contributed by atoms with Crippen molar-refractivity contribution >= 4 is 5.69 Å². The van der Waals surface area contributed by atoms with Crippen LogP contribution in [0.15, 0.2) is 40.9 Å². The van der Waals surface area contributed by atoms with Gasteiger partial charge in [0, 0.05) is 12.1 Å². The molecular weight excluding hydrogens is 269 g/mol. The van der Waals surface area contributed by atoms with Crippen LogP contribution in [-0.4, -0.2) is 10.2 Å². The second kappa shape index (κ2) is 5.44. The lowest BCUT2D eigenvalue weighted by molar-refractivity contribution is 0.545. The quantitative estimate of drug-likeness (QED) is 0.760. The van der Waals surface area contributed by atoms with Crippen molar-refractivity contribution in [1.29, 1.82) is 0 Å². The summed E-state index contributed by atoms with van der Waals surface area (Å²) in [4.78, 5) is 0. The molecule has 21 heavy (non-hydrogen) atoms. The number of nitrogens with zero attached hydrogens (tertiary/aromatic N) is 1. The predicted molar refractivity (Wildman–Crippen MR) is 79.5 cm³/mol. The van der Waals surface area contributed by atoms with Gasteiger partial charge in [0.15, 0.2) is 5.76 Å². The van der Waals surface area contributed by atoms with E-state index in [-0.39, 0.29) is 5.82 Å². The van der Waals surface area contributed by atoms with Crippen LogP contribution in [0, 0.1) is 19.7 Å². The monoisotopic (exact) mass is 285 g/mol. The summed E-state index contributed by atoms with van der Waals surface area (Å²) < 4.78 is 19.3. The number of aromatic amines is 1. The number of hydrogen-bond donors (Lipinski definition) is 2. The van der Waals surface area contributed by atoms with E-state index in [0.29, 0.717) is 12.2 Å². The zero-order valence-electron chi connectivity index (χ0n) is 11.9. The first-order valence-electron chi connectivity index (χ1n) is 6.72. The normalized spacial score (nSPS) is 10.8. The van der Waals surface area contributed by atoms with E-state index in [2.05, 4.69) is 15.5 Å². The largest absolute Gasteiger partial charge is 0.460 e. The number of H-pyrrole nitrogens is 1. The minimum Gasteiger partial charge on any atom is -0.460 e. The molecule has 0 atom stereocenters.